The van der Waals surface area contributed by atoms with E-state index < -0.39 is 23.7 Å². The summed E-state index contributed by atoms with van der Waals surface area (Å²) in [4.78, 5) is 40.9. The first-order valence-corrected chi connectivity index (χ1v) is 13.4. The molecule has 10 nitrogen and oxygen atoms in total. The Bertz CT molecular complexity index is 1700. The summed E-state index contributed by atoms with van der Waals surface area (Å²) in [6.45, 7) is 7.68. The number of aromatic nitrogens is 3. The van der Waals surface area contributed by atoms with Crippen molar-refractivity contribution in [2.75, 3.05) is 6.61 Å². The minimum Gasteiger partial charge on any atom is -0.477 e. The maximum absolute atomic E-state index is 13.1. The van der Waals surface area contributed by atoms with Crippen LogP contribution >= 0.6 is 11.6 Å². The molecule has 0 spiro atoms. The van der Waals surface area contributed by atoms with Gasteiger partial charge in [-0.2, -0.15) is 5.10 Å². The second-order valence-corrected chi connectivity index (χ2v) is 10.0. The molecule has 4 aromatic rings. The molecule has 226 valence electrons. The Kier molecular flexibility index (Phi) is 10.7. The Morgan fingerprint density at radius 3 is 2.63 bits per heavy atom. The summed E-state index contributed by atoms with van der Waals surface area (Å²) in [6, 6.07) is 10.5. The van der Waals surface area contributed by atoms with Crippen molar-refractivity contribution in [3.8, 4) is 0 Å². The van der Waals surface area contributed by atoms with Crippen molar-refractivity contribution >= 4 is 35.1 Å². The highest BCUT2D eigenvalue weighted by molar-refractivity contribution is 6.30. The number of carboxylic acids is 1. The molecule has 43 heavy (non-hydrogen) atoms. The van der Waals surface area contributed by atoms with Gasteiger partial charge in [0.15, 0.2) is 11.3 Å². The molecule has 0 saturated carbocycles. The zero-order chi connectivity index (χ0) is 30.6. The first kappa shape index (κ1) is 32.9. The van der Waals surface area contributed by atoms with Gasteiger partial charge in [-0.15, -0.1) is 0 Å². The van der Waals surface area contributed by atoms with Crippen LogP contribution in [0.4, 0.5) is 4.39 Å². The summed E-state index contributed by atoms with van der Waals surface area (Å²) < 4.78 is 19.0. The molecule has 0 radical (unpaired) electrons. The second kappa shape index (κ2) is 14.0. The molecular formula is C31H33ClFN5O5. The van der Waals surface area contributed by atoms with Crippen LogP contribution in [0.25, 0.3) is 5.65 Å². The number of rotatable bonds is 7. The number of fused-ring (bicyclic) bond motifs is 2. The quantitative estimate of drug-likeness (QED) is 0.187. The number of ether oxygens (including phenoxy) is 1. The Morgan fingerprint density at radius 1 is 1.23 bits per heavy atom. The molecule has 4 N–H and O–H groups in total. The third-order valence-corrected chi connectivity index (χ3v) is 7.06. The number of halogens is 2. The zero-order valence-corrected chi connectivity index (χ0v) is 23.7. The van der Waals surface area contributed by atoms with Crippen LogP contribution in [0.15, 0.2) is 55.1 Å². The fourth-order valence-corrected chi connectivity index (χ4v) is 4.93. The normalized spacial score (nSPS) is 13.3. The average molecular weight is 610 g/mol. The van der Waals surface area contributed by atoms with Gasteiger partial charge in [-0.05, 0) is 67.1 Å². The van der Waals surface area contributed by atoms with Gasteiger partial charge in [0, 0.05) is 18.7 Å². The molecule has 0 unspecified atom stereocenters. The number of carbonyl (C=O) groups excluding carboxylic acids is 2. The van der Waals surface area contributed by atoms with Crippen molar-refractivity contribution in [1.29, 1.82) is 0 Å². The average Bonchev–Trinajstić information content (AvgIpc) is 3.55. The van der Waals surface area contributed by atoms with Crippen molar-refractivity contribution < 1.29 is 28.6 Å². The number of aryl methyl sites for hydroxylation is 1. The lowest BCUT2D eigenvalue weighted by Gasteiger charge is -2.16. The molecule has 5 rings (SSSR count). The van der Waals surface area contributed by atoms with Crippen LogP contribution in [0.1, 0.15) is 79.2 Å². The predicted octanol–water partition coefficient (Wildman–Crippen LogP) is 5.38. The van der Waals surface area contributed by atoms with E-state index in [9.17, 15) is 23.9 Å². The number of amides is 1. The van der Waals surface area contributed by atoms with Crippen LogP contribution in [-0.4, -0.2) is 44.2 Å². The molecule has 1 atom stereocenters. The van der Waals surface area contributed by atoms with Crippen molar-refractivity contribution in [1.82, 2.24) is 19.9 Å². The lowest BCUT2D eigenvalue weighted by molar-refractivity contribution is 0.0548. The Labute approximate surface area is 253 Å². The highest BCUT2D eigenvalue weighted by Gasteiger charge is 2.29. The molecular weight excluding hydrogens is 577 g/mol. The molecule has 0 fully saturated rings. The topological polar surface area (TPSA) is 149 Å². The number of esters is 1. The maximum Gasteiger partial charge on any atom is 0.354 e. The fraction of sp³-hybridized carbons (Fsp3) is 0.258. The Hall–Kier alpha value is -4.61. The second-order valence-electron chi connectivity index (χ2n) is 9.60. The highest BCUT2D eigenvalue weighted by atomic mass is 35.5. The maximum atomic E-state index is 13.1. The first-order chi connectivity index (χ1) is 20.0. The van der Waals surface area contributed by atoms with E-state index in [4.69, 9.17) is 22.1 Å². The van der Waals surface area contributed by atoms with Crippen LogP contribution < -0.4 is 11.1 Å². The minimum atomic E-state index is -1.22. The molecule has 0 bridgehead atoms. The van der Waals surface area contributed by atoms with Gasteiger partial charge in [0.1, 0.15) is 18.1 Å². The largest absolute Gasteiger partial charge is 0.477 e. The molecule has 2 heterocycles. The van der Waals surface area contributed by atoms with Gasteiger partial charge in [-0.1, -0.05) is 43.8 Å². The van der Waals surface area contributed by atoms with E-state index in [0.717, 1.165) is 22.3 Å². The number of carboxylic acid groups (broad SMARTS) is 1. The molecule has 1 aliphatic carbocycles. The van der Waals surface area contributed by atoms with E-state index in [1.54, 1.807) is 25.1 Å². The van der Waals surface area contributed by atoms with Gasteiger partial charge in [-0.3, -0.25) is 4.79 Å². The molecule has 0 saturated heterocycles. The van der Waals surface area contributed by atoms with E-state index in [2.05, 4.69) is 22.0 Å². The number of nitrogens with one attached hydrogen (secondary N) is 1. The smallest absolute Gasteiger partial charge is 0.354 e. The van der Waals surface area contributed by atoms with Gasteiger partial charge in [0.05, 0.1) is 22.3 Å². The molecule has 0 aliphatic heterocycles. The Balaban J connectivity index is 0.000000392. The lowest BCUT2D eigenvalue weighted by atomic mass is 9.98. The number of nitrogens with two attached hydrogens (primary N) is 1. The van der Waals surface area contributed by atoms with Crippen LogP contribution in [0, 0.1) is 19.7 Å². The highest BCUT2D eigenvalue weighted by Crippen LogP contribution is 2.35. The number of aromatic carboxylic acids is 1. The SMILES string of the molecule is C.C=CCOC(=O)c1ccc2c(c1C)CC[C@@H]2NC(=O)c1cc(C(=O)O)nc2cc(C)nn12.NCc1ccc(F)c(Cl)c1. The van der Waals surface area contributed by atoms with Crippen molar-refractivity contribution in [3.63, 3.8) is 0 Å². The standard InChI is InChI=1S/C23H22N4O5.C7H7ClFN.CH4/c1-4-9-32-23(31)15-5-6-16-14(13(15)3)7-8-17(16)25-21(28)19-11-18(22(29)30)24-20-10-12(2)26-27(19)20;8-6-3-5(4-10)1-2-7(6)9;/h4-6,10-11,17H,1,7-9H2,2-3H3,(H,25,28)(H,29,30);1-3H,4,10H2;1H4/t17-;;/m0../s1. The number of hydrogen-bond donors (Lipinski definition) is 3. The van der Waals surface area contributed by atoms with Gasteiger partial charge < -0.3 is 20.9 Å². The summed E-state index contributed by atoms with van der Waals surface area (Å²) >= 11 is 5.46. The van der Waals surface area contributed by atoms with Crippen LogP contribution in [0.3, 0.4) is 0 Å². The Morgan fingerprint density at radius 2 is 1.98 bits per heavy atom. The predicted molar refractivity (Wildman–Crippen MR) is 161 cm³/mol. The molecule has 1 amide bonds. The third kappa shape index (κ3) is 7.25. The number of hydrogen-bond acceptors (Lipinski definition) is 7. The van der Waals surface area contributed by atoms with E-state index in [-0.39, 0.29) is 42.1 Å². The van der Waals surface area contributed by atoms with Crippen molar-refractivity contribution in [2.45, 2.75) is 46.7 Å². The van der Waals surface area contributed by atoms with Gasteiger partial charge >= 0.3 is 11.9 Å². The summed E-state index contributed by atoms with van der Waals surface area (Å²) in [7, 11) is 0. The molecule has 2 aromatic heterocycles. The third-order valence-electron chi connectivity index (χ3n) is 6.77. The van der Waals surface area contributed by atoms with E-state index >= 15 is 0 Å². The number of nitrogens with zero attached hydrogens (tertiary/aromatic N) is 3. The van der Waals surface area contributed by atoms with E-state index in [1.807, 2.05) is 13.0 Å². The summed E-state index contributed by atoms with van der Waals surface area (Å²) in [5, 5.41) is 16.7. The van der Waals surface area contributed by atoms with E-state index in [0.29, 0.717) is 30.6 Å². The number of benzene rings is 2. The lowest BCUT2D eigenvalue weighted by Crippen LogP contribution is -2.29. The summed E-state index contributed by atoms with van der Waals surface area (Å²) in [6.07, 6.45) is 2.87. The van der Waals surface area contributed by atoms with E-state index in [1.165, 1.54) is 28.8 Å². The zero-order valence-electron chi connectivity index (χ0n) is 23.0. The monoisotopic (exact) mass is 609 g/mol. The number of carbonyl (C=O) groups is 3. The summed E-state index contributed by atoms with van der Waals surface area (Å²) in [5.41, 5.74) is 10.2. The fourth-order valence-electron chi connectivity index (χ4n) is 4.72. The molecule has 2 aromatic carbocycles. The first-order valence-electron chi connectivity index (χ1n) is 13.0. The van der Waals surface area contributed by atoms with Gasteiger partial charge in [0.25, 0.3) is 5.91 Å². The van der Waals surface area contributed by atoms with Crippen molar-refractivity contribution in [2.24, 2.45) is 5.73 Å². The molecule has 12 heteroatoms. The van der Waals surface area contributed by atoms with Gasteiger partial charge in [0.2, 0.25) is 0 Å². The van der Waals surface area contributed by atoms with Crippen molar-refractivity contribution in [3.05, 3.63) is 111 Å². The summed E-state index contributed by atoms with van der Waals surface area (Å²) in [5.74, 6) is -2.49. The van der Waals surface area contributed by atoms with Crippen LogP contribution in [0.5, 0.6) is 0 Å². The van der Waals surface area contributed by atoms with Crippen LogP contribution in [0.2, 0.25) is 5.02 Å². The van der Waals surface area contributed by atoms with Crippen LogP contribution in [-0.2, 0) is 17.7 Å². The van der Waals surface area contributed by atoms with Gasteiger partial charge in [-0.25, -0.2) is 23.5 Å². The minimum absolute atomic E-state index is 0. The molecule has 1 aliphatic rings.